The summed E-state index contributed by atoms with van der Waals surface area (Å²) in [5.74, 6) is 0.413. The van der Waals surface area contributed by atoms with Crippen molar-refractivity contribution in [3.8, 4) is 11.5 Å². The summed E-state index contributed by atoms with van der Waals surface area (Å²) in [6, 6.07) is 2.94. The van der Waals surface area contributed by atoms with Crippen molar-refractivity contribution in [2.75, 3.05) is 7.11 Å². The number of nitrogens with two attached hydrogens (primary N) is 1. The highest BCUT2D eigenvalue weighted by Crippen LogP contribution is 2.41. The highest BCUT2D eigenvalue weighted by molar-refractivity contribution is 6.30. The average molecular weight is 244 g/mol. The van der Waals surface area contributed by atoms with Crippen molar-refractivity contribution >= 4 is 11.6 Å². The normalized spacial score (nSPS) is 13.6. The molecule has 4 heteroatoms. The van der Waals surface area contributed by atoms with Crippen molar-refractivity contribution in [2.24, 2.45) is 11.1 Å². The highest BCUT2D eigenvalue weighted by Gasteiger charge is 2.26. The molecule has 1 aromatic rings. The molecular weight excluding hydrogens is 226 g/mol. The fourth-order valence-corrected chi connectivity index (χ4v) is 1.67. The zero-order valence-corrected chi connectivity index (χ0v) is 10.8. The third kappa shape index (κ3) is 2.60. The van der Waals surface area contributed by atoms with E-state index in [0.29, 0.717) is 16.3 Å². The molecule has 16 heavy (non-hydrogen) atoms. The van der Waals surface area contributed by atoms with Gasteiger partial charge in [-0.05, 0) is 11.5 Å². The monoisotopic (exact) mass is 243 g/mol. The molecule has 0 bridgehead atoms. The summed E-state index contributed by atoms with van der Waals surface area (Å²) in [4.78, 5) is 0. The predicted molar refractivity (Wildman–Crippen MR) is 66.1 cm³/mol. The second kappa shape index (κ2) is 4.52. The molecule has 0 aliphatic rings. The van der Waals surface area contributed by atoms with Crippen molar-refractivity contribution in [2.45, 2.75) is 26.8 Å². The van der Waals surface area contributed by atoms with Crippen LogP contribution in [0.25, 0.3) is 0 Å². The molecule has 0 radical (unpaired) electrons. The second-order valence-corrected chi connectivity index (χ2v) is 5.33. The molecule has 0 saturated heterocycles. The van der Waals surface area contributed by atoms with E-state index >= 15 is 0 Å². The van der Waals surface area contributed by atoms with Crippen LogP contribution in [-0.2, 0) is 0 Å². The number of phenols is 1. The average Bonchev–Trinajstić information content (AvgIpc) is 2.18. The van der Waals surface area contributed by atoms with Gasteiger partial charge in [-0.1, -0.05) is 32.4 Å². The molecule has 3 N–H and O–H groups in total. The van der Waals surface area contributed by atoms with Crippen molar-refractivity contribution < 1.29 is 9.84 Å². The predicted octanol–water partition coefficient (Wildman–Crippen LogP) is 3.10. The van der Waals surface area contributed by atoms with Gasteiger partial charge < -0.3 is 15.6 Å². The van der Waals surface area contributed by atoms with E-state index in [9.17, 15) is 5.11 Å². The Balaban J connectivity index is 3.28. The Hall–Kier alpha value is -0.930. The molecule has 3 nitrogen and oxygen atoms in total. The molecule has 0 amide bonds. The van der Waals surface area contributed by atoms with E-state index in [4.69, 9.17) is 22.1 Å². The summed E-state index contributed by atoms with van der Waals surface area (Å²) in [7, 11) is 1.48. The first-order valence-electron chi connectivity index (χ1n) is 5.09. The number of phenolic OH excluding ortho intramolecular Hbond substituents is 1. The van der Waals surface area contributed by atoms with Crippen LogP contribution in [0.5, 0.6) is 11.5 Å². The lowest BCUT2D eigenvalue weighted by molar-refractivity contribution is 0.311. The van der Waals surface area contributed by atoms with E-state index in [-0.39, 0.29) is 17.2 Å². The van der Waals surface area contributed by atoms with Crippen LogP contribution in [0.15, 0.2) is 12.1 Å². The molecule has 1 unspecified atom stereocenters. The van der Waals surface area contributed by atoms with Crippen LogP contribution in [0.4, 0.5) is 0 Å². The van der Waals surface area contributed by atoms with Crippen LogP contribution in [0.2, 0.25) is 5.02 Å². The second-order valence-electron chi connectivity index (χ2n) is 4.89. The van der Waals surface area contributed by atoms with Crippen molar-refractivity contribution in [3.63, 3.8) is 0 Å². The van der Waals surface area contributed by atoms with E-state index in [1.54, 1.807) is 12.1 Å². The summed E-state index contributed by atoms with van der Waals surface area (Å²) >= 11 is 5.95. The summed E-state index contributed by atoms with van der Waals surface area (Å²) in [6.07, 6.45) is 0. The zero-order chi connectivity index (χ0) is 12.5. The summed E-state index contributed by atoms with van der Waals surface area (Å²) in [6.45, 7) is 6.01. The number of hydrogen-bond donors (Lipinski definition) is 2. The maximum Gasteiger partial charge on any atom is 0.162 e. The van der Waals surface area contributed by atoms with Gasteiger partial charge in [0, 0.05) is 22.7 Å². The van der Waals surface area contributed by atoms with Crippen molar-refractivity contribution in [1.29, 1.82) is 0 Å². The molecule has 0 heterocycles. The standard InChI is InChI=1S/C12H18ClNO2/c1-12(2,3)11(14)8-5-7(13)6-9(16-4)10(8)15/h5-6,11,15H,14H2,1-4H3. The smallest absolute Gasteiger partial charge is 0.162 e. The highest BCUT2D eigenvalue weighted by atomic mass is 35.5. The third-order valence-corrected chi connectivity index (χ3v) is 2.78. The van der Waals surface area contributed by atoms with Gasteiger partial charge in [-0.2, -0.15) is 0 Å². The van der Waals surface area contributed by atoms with E-state index in [1.165, 1.54) is 7.11 Å². The Bertz CT molecular complexity index is 385. The van der Waals surface area contributed by atoms with Gasteiger partial charge in [0.25, 0.3) is 0 Å². The molecule has 0 spiro atoms. The van der Waals surface area contributed by atoms with Gasteiger partial charge in [0.15, 0.2) is 11.5 Å². The fraction of sp³-hybridized carbons (Fsp3) is 0.500. The van der Waals surface area contributed by atoms with Crippen LogP contribution < -0.4 is 10.5 Å². The first-order chi connectivity index (χ1) is 7.27. The third-order valence-electron chi connectivity index (χ3n) is 2.56. The van der Waals surface area contributed by atoms with E-state index in [0.717, 1.165) is 0 Å². The minimum atomic E-state index is -0.305. The number of rotatable bonds is 2. The molecule has 0 fully saturated rings. The van der Waals surface area contributed by atoms with Gasteiger partial charge in [-0.15, -0.1) is 0 Å². The first-order valence-corrected chi connectivity index (χ1v) is 5.47. The van der Waals surface area contributed by atoms with Gasteiger partial charge in [0.1, 0.15) is 0 Å². The van der Waals surface area contributed by atoms with Crippen molar-refractivity contribution in [1.82, 2.24) is 0 Å². The first kappa shape index (κ1) is 13.1. The summed E-state index contributed by atoms with van der Waals surface area (Å²) < 4.78 is 5.04. The number of aromatic hydroxyl groups is 1. The zero-order valence-electron chi connectivity index (χ0n) is 10.0. The minimum absolute atomic E-state index is 0.0642. The molecule has 1 aromatic carbocycles. The number of methoxy groups -OCH3 is 1. The maximum absolute atomic E-state index is 9.98. The van der Waals surface area contributed by atoms with Crippen LogP contribution in [0, 0.1) is 5.41 Å². The van der Waals surface area contributed by atoms with Gasteiger partial charge >= 0.3 is 0 Å². The van der Waals surface area contributed by atoms with Gasteiger partial charge in [-0.25, -0.2) is 0 Å². The Morgan fingerprint density at radius 2 is 1.94 bits per heavy atom. The summed E-state index contributed by atoms with van der Waals surface area (Å²) in [5.41, 5.74) is 6.54. The van der Waals surface area contributed by atoms with E-state index < -0.39 is 0 Å². The van der Waals surface area contributed by atoms with Gasteiger partial charge in [0.2, 0.25) is 0 Å². The lowest BCUT2D eigenvalue weighted by Gasteiger charge is -2.28. The van der Waals surface area contributed by atoms with Crippen LogP contribution in [0.1, 0.15) is 32.4 Å². The number of benzene rings is 1. The lowest BCUT2D eigenvalue weighted by atomic mass is 9.82. The molecule has 0 aliphatic heterocycles. The maximum atomic E-state index is 9.98. The SMILES string of the molecule is COc1cc(Cl)cc(C(N)C(C)(C)C)c1O. The van der Waals surface area contributed by atoms with Crippen LogP contribution in [-0.4, -0.2) is 12.2 Å². The van der Waals surface area contributed by atoms with Crippen LogP contribution >= 0.6 is 11.6 Å². The number of halogens is 1. The van der Waals surface area contributed by atoms with Gasteiger partial charge in [-0.3, -0.25) is 0 Å². The van der Waals surface area contributed by atoms with E-state index in [2.05, 4.69) is 0 Å². The Morgan fingerprint density at radius 1 is 1.38 bits per heavy atom. The van der Waals surface area contributed by atoms with Crippen LogP contribution in [0.3, 0.4) is 0 Å². The quantitative estimate of drug-likeness (QED) is 0.839. The molecule has 0 aromatic heterocycles. The molecule has 0 saturated carbocycles. The Morgan fingerprint density at radius 3 is 2.38 bits per heavy atom. The summed E-state index contributed by atoms with van der Waals surface area (Å²) in [5, 5.41) is 10.5. The lowest BCUT2D eigenvalue weighted by Crippen LogP contribution is -2.26. The Kier molecular flexibility index (Phi) is 3.71. The minimum Gasteiger partial charge on any atom is -0.504 e. The van der Waals surface area contributed by atoms with Crippen molar-refractivity contribution in [3.05, 3.63) is 22.7 Å². The topological polar surface area (TPSA) is 55.5 Å². The largest absolute Gasteiger partial charge is 0.504 e. The molecule has 90 valence electrons. The van der Waals surface area contributed by atoms with Gasteiger partial charge in [0.05, 0.1) is 7.11 Å². The number of hydrogen-bond acceptors (Lipinski definition) is 3. The molecule has 1 rings (SSSR count). The Labute approximate surface area is 101 Å². The fourth-order valence-electron chi connectivity index (χ4n) is 1.45. The molecule has 0 aliphatic carbocycles. The van der Waals surface area contributed by atoms with E-state index in [1.807, 2.05) is 20.8 Å². The number of ether oxygens (including phenoxy) is 1. The molecule has 1 atom stereocenters. The molecular formula is C12H18ClNO2.